The highest BCUT2D eigenvalue weighted by molar-refractivity contribution is 5.93. The minimum absolute atomic E-state index is 0.0363. The summed E-state index contributed by atoms with van der Waals surface area (Å²) < 4.78 is 0. The Morgan fingerprint density at radius 1 is 1.36 bits per heavy atom. The summed E-state index contributed by atoms with van der Waals surface area (Å²) in [5, 5.41) is 13.6. The van der Waals surface area contributed by atoms with Crippen LogP contribution in [0.25, 0.3) is 0 Å². The first kappa shape index (κ1) is 16.4. The fourth-order valence-corrected chi connectivity index (χ4v) is 3.22. The van der Waals surface area contributed by atoms with Crippen molar-refractivity contribution in [3.63, 3.8) is 0 Å². The normalized spacial score (nSPS) is 22.3. The zero-order valence-corrected chi connectivity index (χ0v) is 13.3. The number of nitrogens with zero attached hydrogens (tertiary/aromatic N) is 2. The van der Waals surface area contributed by atoms with E-state index in [4.69, 9.17) is 0 Å². The molecule has 2 unspecified atom stereocenters. The monoisotopic (exact) mass is 305 g/mol. The van der Waals surface area contributed by atoms with E-state index in [0.717, 1.165) is 13.1 Å². The van der Waals surface area contributed by atoms with Crippen LogP contribution in [0, 0.1) is 28.9 Å². The van der Waals surface area contributed by atoms with Crippen molar-refractivity contribution in [1.82, 2.24) is 4.90 Å². The number of non-ortho nitro benzene ring substituents is 1. The van der Waals surface area contributed by atoms with Gasteiger partial charge in [-0.3, -0.25) is 19.8 Å². The van der Waals surface area contributed by atoms with Crippen LogP contribution in [0.4, 0.5) is 11.4 Å². The van der Waals surface area contributed by atoms with Gasteiger partial charge in [-0.25, -0.2) is 0 Å². The molecular weight excluding hydrogens is 282 g/mol. The molecule has 6 nitrogen and oxygen atoms in total. The highest BCUT2D eigenvalue weighted by Crippen LogP contribution is 2.22. The molecule has 1 aromatic carbocycles. The predicted molar refractivity (Wildman–Crippen MR) is 85.8 cm³/mol. The van der Waals surface area contributed by atoms with Crippen LogP contribution >= 0.6 is 0 Å². The van der Waals surface area contributed by atoms with E-state index in [1.54, 1.807) is 13.0 Å². The fraction of sp³-hybridized carbons (Fsp3) is 0.562. The van der Waals surface area contributed by atoms with Gasteiger partial charge in [0.15, 0.2) is 0 Å². The summed E-state index contributed by atoms with van der Waals surface area (Å²) in [5.74, 6) is 1.15. The number of hydrogen-bond acceptors (Lipinski definition) is 4. The Bertz CT molecular complexity index is 564. The number of hydrogen-bond donors (Lipinski definition) is 1. The van der Waals surface area contributed by atoms with Gasteiger partial charge in [-0.05, 0) is 36.8 Å². The van der Waals surface area contributed by atoms with Crippen molar-refractivity contribution in [3.05, 3.63) is 33.9 Å². The maximum absolute atomic E-state index is 12.2. The number of carbonyl (C=O) groups is 1. The van der Waals surface area contributed by atoms with Crippen molar-refractivity contribution in [2.75, 3.05) is 25.0 Å². The quantitative estimate of drug-likeness (QED) is 0.685. The van der Waals surface area contributed by atoms with E-state index in [1.165, 1.54) is 18.6 Å². The topological polar surface area (TPSA) is 75.5 Å². The Morgan fingerprint density at radius 2 is 2.00 bits per heavy atom. The molecule has 1 amide bonds. The molecule has 0 aliphatic carbocycles. The first-order valence-electron chi connectivity index (χ1n) is 7.62. The highest BCUT2D eigenvalue weighted by Gasteiger charge is 2.23. The number of nitrogens with one attached hydrogen (secondary N) is 1. The second kappa shape index (κ2) is 6.87. The summed E-state index contributed by atoms with van der Waals surface area (Å²) in [5.41, 5.74) is 1.37. The lowest BCUT2D eigenvalue weighted by atomic mass is 9.92. The van der Waals surface area contributed by atoms with Crippen molar-refractivity contribution in [2.24, 2.45) is 11.8 Å². The molecule has 6 heteroatoms. The smallest absolute Gasteiger partial charge is 0.269 e. The molecule has 0 aromatic heterocycles. The van der Waals surface area contributed by atoms with Crippen LogP contribution < -0.4 is 5.32 Å². The zero-order valence-electron chi connectivity index (χ0n) is 13.3. The molecule has 2 rings (SSSR count). The van der Waals surface area contributed by atoms with Gasteiger partial charge in [0.2, 0.25) is 5.91 Å². The number of benzene rings is 1. The maximum Gasteiger partial charge on any atom is 0.269 e. The Morgan fingerprint density at radius 3 is 2.55 bits per heavy atom. The molecule has 1 aliphatic heterocycles. The lowest BCUT2D eigenvalue weighted by molar-refractivity contribution is -0.384. The van der Waals surface area contributed by atoms with Gasteiger partial charge in [0.1, 0.15) is 0 Å². The van der Waals surface area contributed by atoms with Gasteiger partial charge in [-0.1, -0.05) is 13.8 Å². The Kier molecular flexibility index (Phi) is 5.13. The first-order chi connectivity index (χ1) is 10.3. The number of amides is 1. The molecule has 1 aromatic rings. The standard InChI is InChI=1S/C16H23N3O3/c1-11-6-12(2)9-18(8-11)10-16(20)17-15-5-4-14(19(21)22)7-13(15)3/h4-5,7,11-12H,6,8-10H2,1-3H3,(H,17,20). The molecule has 0 saturated carbocycles. The van der Waals surface area contributed by atoms with E-state index >= 15 is 0 Å². The van der Waals surface area contributed by atoms with E-state index in [1.807, 2.05) is 0 Å². The van der Waals surface area contributed by atoms with Crippen molar-refractivity contribution >= 4 is 17.3 Å². The molecule has 1 N–H and O–H groups in total. The molecule has 120 valence electrons. The third-order valence-electron chi connectivity index (χ3n) is 4.01. The summed E-state index contributed by atoms with van der Waals surface area (Å²) in [4.78, 5) is 24.6. The van der Waals surface area contributed by atoms with Gasteiger partial charge < -0.3 is 5.32 Å². The number of anilines is 1. The number of rotatable bonds is 4. The molecule has 1 heterocycles. The van der Waals surface area contributed by atoms with Crippen LogP contribution in [0.2, 0.25) is 0 Å². The summed E-state index contributed by atoms with van der Waals surface area (Å²) in [6.45, 7) is 8.43. The summed E-state index contributed by atoms with van der Waals surface area (Å²) in [6, 6.07) is 4.47. The van der Waals surface area contributed by atoms with Crippen LogP contribution in [0.3, 0.4) is 0 Å². The number of likely N-dealkylation sites (tertiary alicyclic amines) is 1. The van der Waals surface area contributed by atoms with E-state index in [0.29, 0.717) is 29.6 Å². The number of nitro groups is 1. The molecule has 0 bridgehead atoms. The van der Waals surface area contributed by atoms with Crippen LogP contribution in [-0.2, 0) is 4.79 Å². The fourth-order valence-electron chi connectivity index (χ4n) is 3.22. The SMILES string of the molecule is Cc1cc([N+](=O)[O-])ccc1NC(=O)CN1CC(C)CC(C)C1. The lowest BCUT2D eigenvalue weighted by Gasteiger charge is -2.34. The molecular formula is C16H23N3O3. The van der Waals surface area contributed by atoms with E-state index in [9.17, 15) is 14.9 Å². The largest absolute Gasteiger partial charge is 0.325 e. The van der Waals surface area contributed by atoms with Crippen molar-refractivity contribution in [2.45, 2.75) is 27.2 Å². The van der Waals surface area contributed by atoms with Crippen LogP contribution in [0.1, 0.15) is 25.8 Å². The van der Waals surface area contributed by atoms with Gasteiger partial charge in [-0.2, -0.15) is 0 Å². The minimum atomic E-state index is -0.435. The van der Waals surface area contributed by atoms with Crippen molar-refractivity contribution in [3.8, 4) is 0 Å². The van der Waals surface area contributed by atoms with Crippen LogP contribution in [0.15, 0.2) is 18.2 Å². The van der Waals surface area contributed by atoms with Crippen molar-refractivity contribution < 1.29 is 9.72 Å². The second-order valence-electron chi connectivity index (χ2n) is 6.44. The van der Waals surface area contributed by atoms with E-state index in [2.05, 4.69) is 24.1 Å². The van der Waals surface area contributed by atoms with Crippen LogP contribution in [0.5, 0.6) is 0 Å². The zero-order chi connectivity index (χ0) is 16.3. The van der Waals surface area contributed by atoms with Crippen molar-refractivity contribution in [1.29, 1.82) is 0 Å². The van der Waals surface area contributed by atoms with Gasteiger partial charge in [0.25, 0.3) is 5.69 Å². The number of carbonyl (C=O) groups excluding carboxylic acids is 1. The summed E-state index contributed by atoms with van der Waals surface area (Å²) in [6.07, 6.45) is 1.21. The molecule has 22 heavy (non-hydrogen) atoms. The van der Waals surface area contributed by atoms with Gasteiger partial charge in [-0.15, -0.1) is 0 Å². The van der Waals surface area contributed by atoms with Crippen LogP contribution in [-0.4, -0.2) is 35.4 Å². The first-order valence-corrected chi connectivity index (χ1v) is 7.62. The minimum Gasteiger partial charge on any atom is -0.325 e. The van der Waals surface area contributed by atoms with Gasteiger partial charge in [0.05, 0.1) is 11.5 Å². The third kappa shape index (κ3) is 4.27. The molecule has 1 saturated heterocycles. The Labute approximate surface area is 130 Å². The molecule has 1 aliphatic rings. The third-order valence-corrected chi connectivity index (χ3v) is 4.01. The predicted octanol–water partition coefficient (Wildman–Crippen LogP) is 2.82. The van der Waals surface area contributed by atoms with Gasteiger partial charge in [0, 0.05) is 30.9 Å². The molecule has 1 fully saturated rings. The average Bonchev–Trinajstić information content (AvgIpc) is 2.39. The van der Waals surface area contributed by atoms with E-state index < -0.39 is 4.92 Å². The maximum atomic E-state index is 12.2. The Balaban J connectivity index is 1.96. The van der Waals surface area contributed by atoms with E-state index in [-0.39, 0.29) is 11.6 Å². The second-order valence-corrected chi connectivity index (χ2v) is 6.44. The molecule has 0 spiro atoms. The number of nitro benzene ring substituents is 1. The lowest BCUT2D eigenvalue weighted by Crippen LogP contribution is -2.42. The molecule has 2 atom stereocenters. The van der Waals surface area contributed by atoms with Gasteiger partial charge >= 0.3 is 0 Å². The highest BCUT2D eigenvalue weighted by atomic mass is 16.6. The number of aryl methyl sites for hydroxylation is 1. The summed E-state index contributed by atoms with van der Waals surface area (Å²) in [7, 11) is 0. The Hall–Kier alpha value is -1.95. The number of piperidine rings is 1. The average molecular weight is 305 g/mol. The molecule has 0 radical (unpaired) electrons. The summed E-state index contributed by atoms with van der Waals surface area (Å²) >= 11 is 0.